The second-order valence-corrected chi connectivity index (χ2v) is 6.45. The molecule has 1 aromatic rings. The van der Waals surface area contributed by atoms with E-state index in [1.807, 2.05) is 25.1 Å². The van der Waals surface area contributed by atoms with Crippen LogP contribution >= 0.6 is 0 Å². The number of rotatable bonds is 4. The Bertz CT molecular complexity index is 493. The van der Waals surface area contributed by atoms with Gasteiger partial charge < -0.3 is 11.1 Å². The molecular weight excluding hydrogens is 262 g/mol. The summed E-state index contributed by atoms with van der Waals surface area (Å²) in [6, 6.07) is 6.10. The molecule has 1 aliphatic rings. The van der Waals surface area contributed by atoms with Crippen LogP contribution in [0.3, 0.4) is 0 Å². The number of hydrogen-bond acceptors (Lipinski definition) is 3. The predicted molar refractivity (Wildman–Crippen MR) is 88.3 cm³/mol. The van der Waals surface area contributed by atoms with Crippen LogP contribution in [0.15, 0.2) is 18.2 Å². The maximum atomic E-state index is 12.2. The molecule has 0 saturated heterocycles. The van der Waals surface area contributed by atoms with E-state index >= 15 is 0 Å². The number of nitrogens with zero attached hydrogens (tertiary/aromatic N) is 1. The minimum absolute atomic E-state index is 0.0454. The molecule has 4 heteroatoms. The molecule has 1 saturated carbocycles. The molecule has 0 spiro atoms. The van der Waals surface area contributed by atoms with Crippen LogP contribution in [0.2, 0.25) is 0 Å². The molecule has 3 N–H and O–H groups in total. The van der Waals surface area contributed by atoms with Gasteiger partial charge in [-0.1, -0.05) is 6.92 Å². The maximum Gasteiger partial charge on any atom is 0.238 e. The van der Waals surface area contributed by atoms with Crippen LogP contribution < -0.4 is 11.1 Å². The lowest BCUT2D eigenvalue weighted by Gasteiger charge is -2.33. The zero-order valence-electron chi connectivity index (χ0n) is 13.4. The molecule has 0 bridgehead atoms. The van der Waals surface area contributed by atoms with Gasteiger partial charge >= 0.3 is 0 Å². The summed E-state index contributed by atoms with van der Waals surface area (Å²) >= 11 is 0. The first kappa shape index (κ1) is 15.8. The van der Waals surface area contributed by atoms with Crippen molar-refractivity contribution in [3.8, 4) is 0 Å². The Hall–Kier alpha value is -1.55. The summed E-state index contributed by atoms with van der Waals surface area (Å²) in [5.41, 5.74) is 8.29. The first-order valence-electron chi connectivity index (χ1n) is 7.82. The quantitative estimate of drug-likeness (QED) is 0.838. The molecule has 1 aromatic carbocycles. The Morgan fingerprint density at radius 1 is 1.33 bits per heavy atom. The summed E-state index contributed by atoms with van der Waals surface area (Å²) in [5.74, 6) is 0.880. The first-order chi connectivity index (χ1) is 9.95. The number of nitrogens with one attached hydrogen (secondary N) is 1. The molecule has 1 amide bonds. The van der Waals surface area contributed by atoms with E-state index in [9.17, 15) is 4.79 Å². The number of carbonyl (C=O) groups excluding carboxylic acids is 1. The normalized spacial score (nSPS) is 22.3. The van der Waals surface area contributed by atoms with Gasteiger partial charge in [0, 0.05) is 17.4 Å². The van der Waals surface area contributed by atoms with Crippen molar-refractivity contribution < 1.29 is 4.79 Å². The fourth-order valence-corrected chi connectivity index (χ4v) is 3.06. The van der Waals surface area contributed by atoms with E-state index in [1.165, 1.54) is 25.7 Å². The summed E-state index contributed by atoms with van der Waals surface area (Å²) in [6.07, 6.45) is 4.94. The third-order valence-corrected chi connectivity index (χ3v) is 4.53. The van der Waals surface area contributed by atoms with E-state index in [0.717, 1.165) is 22.9 Å². The highest BCUT2D eigenvalue weighted by Crippen LogP contribution is 2.26. The highest BCUT2D eigenvalue weighted by atomic mass is 16.2. The summed E-state index contributed by atoms with van der Waals surface area (Å²) in [5, 5.41) is 2.98. The van der Waals surface area contributed by atoms with Crippen LogP contribution in [0.4, 0.5) is 11.4 Å². The van der Waals surface area contributed by atoms with Crippen molar-refractivity contribution in [2.45, 2.75) is 45.6 Å². The Morgan fingerprint density at radius 2 is 2.00 bits per heavy atom. The molecular formula is C17H27N3O. The third kappa shape index (κ3) is 4.46. The Kier molecular flexibility index (Phi) is 5.23. The molecule has 1 fully saturated rings. The SMILES string of the molecule is Cc1cc(N)ccc1NC(=O)CN(C)C1CCC(C)CC1. The number of aryl methyl sites for hydroxylation is 1. The summed E-state index contributed by atoms with van der Waals surface area (Å²) in [6.45, 7) is 4.72. The lowest BCUT2D eigenvalue weighted by molar-refractivity contribution is -0.117. The molecule has 0 aromatic heterocycles. The van der Waals surface area contributed by atoms with Crippen molar-refractivity contribution in [3.63, 3.8) is 0 Å². The third-order valence-electron chi connectivity index (χ3n) is 4.53. The van der Waals surface area contributed by atoms with Gasteiger partial charge in [0.05, 0.1) is 6.54 Å². The fraction of sp³-hybridized carbons (Fsp3) is 0.588. The molecule has 21 heavy (non-hydrogen) atoms. The number of nitrogens with two attached hydrogens (primary N) is 1. The van der Waals surface area contributed by atoms with Gasteiger partial charge in [-0.2, -0.15) is 0 Å². The highest BCUT2D eigenvalue weighted by Gasteiger charge is 2.22. The molecule has 1 aliphatic carbocycles. The van der Waals surface area contributed by atoms with Crippen molar-refractivity contribution in [2.75, 3.05) is 24.6 Å². The second kappa shape index (κ2) is 6.94. The van der Waals surface area contributed by atoms with Gasteiger partial charge in [0.15, 0.2) is 0 Å². The van der Waals surface area contributed by atoms with Crippen LogP contribution in [0, 0.1) is 12.8 Å². The number of benzene rings is 1. The molecule has 0 unspecified atom stereocenters. The van der Waals surface area contributed by atoms with Crippen LogP contribution in [0.5, 0.6) is 0 Å². The minimum atomic E-state index is 0.0454. The second-order valence-electron chi connectivity index (χ2n) is 6.45. The van der Waals surface area contributed by atoms with Crippen LogP contribution in [-0.4, -0.2) is 30.4 Å². The van der Waals surface area contributed by atoms with E-state index in [1.54, 1.807) is 0 Å². The summed E-state index contributed by atoms with van der Waals surface area (Å²) in [7, 11) is 2.05. The molecule has 116 valence electrons. The van der Waals surface area contributed by atoms with Crippen molar-refractivity contribution in [2.24, 2.45) is 5.92 Å². The monoisotopic (exact) mass is 289 g/mol. The highest BCUT2D eigenvalue weighted by molar-refractivity contribution is 5.93. The lowest BCUT2D eigenvalue weighted by atomic mass is 9.87. The van der Waals surface area contributed by atoms with E-state index < -0.39 is 0 Å². The Labute approximate surface area is 127 Å². The van der Waals surface area contributed by atoms with Crippen molar-refractivity contribution >= 4 is 17.3 Å². The first-order valence-corrected chi connectivity index (χ1v) is 7.82. The standard InChI is InChI=1S/C17H27N3O/c1-12-4-7-15(8-5-12)20(3)11-17(21)19-16-9-6-14(18)10-13(16)2/h6,9-10,12,15H,4-5,7-8,11,18H2,1-3H3,(H,19,21). The van der Waals surface area contributed by atoms with Gasteiger partial charge in [-0.05, 0) is 69.3 Å². The Morgan fingerprint density at radius 3 is 2.62 bits per heavy atom. The van der Waals surface area contributed by atoms with E-state index in [2.05, 4.69) is 24.2 Å². The van der Waals surface area contributed by atoms with Gasteiger partial charge in [-0.25, -0.2) is 0 Å². The Balaban J connectivity index is 1.86. The zero-order valence-corrected chi connectivity index (χ0v) is 13.4. The molecule has 0 heterocycles. The van der Waals surface area contributed by atoms with E-state index in [4.69, 9.17) is 5.73 Å². The van der Waals surface area contributed by atoms with Gasteiger partial charge in [-0.15, -0.1) is 0 Å². The largest absolute Gasteiger partial charge is 0.399 e. The topological polar surface area (TPSA) is 58.4 Å². The van der Waals surface area contributed by atoms with Crippen molar-refractivity contribution in [3.05, 3.63) is 23.8 Å². The summed E-state index contributed by atoms with van der Waals surface area (Å²) in [4.78, 5) is 14.4. The minimum Gasteiger partial charge on any atom is -0.399 e. The van der Waals surface area contributed by atoms with Gasteiger partial charge in [0.2, 0.25) is 5.91 Å². The maximum absolute atomic E-state index is 12.2. The van der Waals surface area contributed by atoms with Crippen LogP contribution in [0.1, 0.15) is 38.2 Å². The van der Waals surface area contributed by atoms with E-state index in [0.29, 0.717) is 12.6 Å². The van der Waals surface area contributed by atoms with Gasteiger partial charge in [0.1, 0.15) is 0 Å². The van der Waals surface area contributed by atoms with E-state index in [-0.39, 0.29) is 5.91 Å². The summed E-state index contributed by atoms with van der Waals surface area (Å²) < 4.78 is 0. The number of carbonyl (C=O) groups is 1. The van der Waals surface area contributed by atoms with Gasteiger partial charge in [-0.3, -0.25) is 9.69 Å². The zero-order chi connectivity index (χ0) is 15.4. The average molecular weight is 289 g/mol. The molecule has 0 aliphatic heterocycles. The number of hydrogen-bond donors (Lipinski definition) is 2. The fourth-order valence-electron chi connectivity index (χ4n) is 3.06. The molecule has 0 atom stereocenters. The predicted octanol–water partition coefficient (Wildman–Crippen LogP) is 3.03. The van der Waals surface area contributed by atoms with Crippen LogP contribution in [0.25, 0.3) is 0 Å². The molecule has 0 radical (unpaired) electrons. The van der Waals surface area contributed by atoms with Crippen molar-refractivity contribution in [1.29, 1.82) is 0 Å². The number of anilines is 2. The average Bonchev–Trinajstić information content (AvgIpc) is 2.42. The number of nitrogen functional groups attached to an aromatic ring is 1. The number of likely N-dealkylation sites (N-methyl/N-ethyl adjacent to an activating group) is 1. The molecule has 4 nitrogen and oxygen atoms in total. The van der Waals surface area contributed by atoms with Gasteiger partial charge in [0.25, 0.3) is 0 Å². The molecule has 2 rings (SSSR count). The lowest BCUT2D eigenvalue weighted by Crippen LogP contribution is -2.39. The number of amides is 1. The van der Waals surface area contributed by atoms with Crippen molar-refractivity contribution in [1.82, 2.24) is 4.90 Å². The van der Waals surface area contributed by atoms with Crippen LogP contribution in [-0.2, 0) is 4.79 Å². The smallest absolute Gasteiger partial charge is 0.238 e.